The molecule has 154 valence electrons. The van der Waals surface area contributed by atoms with Gasteiger partial charge in [0.1, 0.15) is 10.4 Å². The molecule has 0 unspecified atom stereocenters. The van der Waals surface area contributed by atoms with E-state index in [9.17, 15) is 9.59 Å². The van der Waals surface area contributed by atoms with Crippen LogP contribution in [0.15, 0.2) is 45.7 Å². The smallest absolute Gasteiger partial charge is 0.272 e. The van der Waals surface area contributed by atoms with Crippen molar-refractivity contribution in [3.05, 3.63) is 51.6 Å². The third kappa shape index (κ3) is 5.59. The van der Waals surface area contributed by atoms with Gasteiger partial charge in [0.25, 0.3) is 5.56 Å². The van der Waals surface area contributed by atoms with Crippen molar-refractivity contribution in [1.29, 1.82) is 0 Å². The zero-order valence-corrected chi connectivity index (χ0v) is 18.0. The number of carbonyl (C=O) groups is 1. The summed E-state index contributed by atoms with van der Waals surface area (Å²) in [5, 5.41) is 5.23. The lowest BCUT2D eigenvalue weighted by atomic mass is 10.2. The van der Waals surface area contributed by atoms with Crippen molar-refractivity contribution in [2.75, 3.05) is 33.1 Å². The fourth-order valence-electron chi connectivity index (χ4n) is 2.75. The van der Waals surface area contributed by atoms with Gasteiger partial charge < -0.3 is 14.8 Å². The van der Waals surface area contributed by atoms with Crippen molar-refractivity contribution < 1.29 is 14.3 Å². The number of rotatable bonds is 10. The first-order valence-corrected chi connectivity index (χ1v) is 11.0. The lowest BCUT2D eigenvalue weighted by molar-refractivity contribution is -0.118. The number of ether oxygens (including phenoxy) is 2. The number of aromatic nitrogens is 2. The molecule has 7 nitrogen and oxygen atoms in total. The van der Waals surface area contributed by atoms with Crippen LogP contribution >= 0.6 is 23.1 Å². The van der Waals surface area contributed by atoms with Crippen LogP contribution in [-0.4, -0.2) is 48.6 Å². The van der Waals surface area contributed by atoms with E-state index in [1.165, 1.54) is 23.1 Å². The fraction of sp³-hybridized carbons (Fsp3) is 0.350. The van der Waals surface area contributed by atoms with E-state index in [-0.39, 0.29) is 17.2 Å². The number of carbonyl (C=O) groups excluding carboxylic acids is 1. The van der Waals surface area contributed by atoms with E-state index in [1.807, 2.05) is 35.7 Å². The van der Waals surface area contributed by atoms with Crippen molar-refractivity contribution in [2.45, 2.75) is 18.1 Å². The SMILES string of the molecule is COCCCNC(=O)CSc1nc2ccsc2c(=O)n1Cc1cccc(OC)c1. The van der Waals surface area contributed by atoms with Gasteiger partial charge in [-0.1, -0.05) is 23.9 Å². The van der Waals surface area contributed by atoms with Gasteiger partial charge in [0, 0.05) is 20.3 Å². The Balaban J connectivity index is 1.80. The summed E-state index contributed by atoms with van der Waals surface area (Å²) in [4.78, 5) is 29.8. The van der Waals surface area contributed by atoms with Gasteiger partial charge in [-0.25, -0.2) is 4.98 Å². The molecular formula is C20H23N3O4S2. The molecule has 0 aliphatic rings. The van der Waals surface area contributed by atoms with Crippen molar-refractivity contribution in [3.63, 3.8) is 0 Å². The third-order valence-electron chi connectivity index (χ3n) is 4.19. The number of benzene rings is 1. The molecule has 2 aromatic heterocycles. The topological polar surface area (TPSA) is 82.5 Å². The summed E-state index contributed by atoms with van der Waals surface area (Å²) in [7, 11) is 3.24. The molecule has 0 saturated heterocycles. The van der Waals surface area contributed by atoms with Crippen LogP contribution in [0.3, 0.4) is 0 Å². The summed E-state index contributed by atoms with van der Waals surface area (Å²) in [6, 6.07) is 9.39. The van der Waals surface area contributed by atoms with Crippen molar-refractivity contribution in [3.8, 4) is 5.75 Å². The largest absolute Gasteiger partial charge is 0.497 e. The Morgan fingerprint density at radius 2 is 2.17 bits per heavy atom. The summed E-state index contributed by atoms with van der Waals surface area (Å²) in [6.07, 6.45) is 0.757. The van der Waals surface area contributed by atoms with Crippen molar-refractivity contribution in [1.82, 2.24) is 14.9 Å². The number of nitrogens with zero attached hydrogens (tertiary/aromatic N) is 2. The van der Waals surface area contributed by atoms with Gasteiger partial charge in [-0.15, -0.1) is 11.3 Å². The van der Waals surface area contributed by atoms with Gasteiger partial charge in [-0.3, -0.25) is 14.2 Å². The normalized spacial score (nSPS) is 11.0. The summed E-state index contributed by atoms with van der Waals surface area (Å²) < 4.78 is 12.5. The molecule has 2 heterocycles. The molecule has 9 heteroatoms. The maximum atomic E-state index is 13.0. The molecule has 0 radical (unpaired) electrons. The number of thioether (sulfide) groups is 1. The van der Waals surface area contributed by atoms with E-state index < -0.39 is 0 Å². The Morgan fingerprint density at radius 1 is 1.31 bits per heavy atom. The number of fused-ring (bicyclic) bond motifs is 1. The molecular weight excluding hydrogens is 410 g/mol. The molecule has 1 amide bonds. The van der Waals surface area contributed by atoms with Gasteiger partial charge in [0.2, 0.25) is 5.91 Å². The second kappa shape index (κ2) is 10.4. The van der Waals surface area contributed by atoms with E-state index in [0.29, 0.717) is 35.1 Å². The van der Waals surface area contributed by atoms with Gasteiger partial charge in [-0.05, 0) is 35.6 Å². The molecule has 0 aliphatic heterocycles. The van der Waals surface area contributed by atoms with Crippen LogP contribution in [0, 0.1) is 0 Å². The number of nitrogens with one attached hydrogen (secondary N) is 1. The van der Waals surface area contributed by atoms with Crippen LogP contribution in [0.5, 0.6) is 5.75 Å². The number of methoxy groups -OCH3 is 2. The zero-order chi connectivity index (χ0) is 20.6. The molecule has 0 atom stereocenters. The van der Waals surface area contributed by atoms with E-state index in [4.69, 9.17) is 9.47 Å². The maximum absolute atomic E-state index is 13.0. The third-order valence-corrected chi connectivity index (χ3v) is 6.05. The van der Waals surface area contributed by atoms with Crippen molar-refractivity contribution in [2.24, 2.45) is 0 Å². The van der Waals surface area contributed by atoms with Gasteiger partial charge >= 0.3 is 0 Å². The zero-order valence-electron chi connectivity index (χ0n) is 16.3. The van der Waals surface area contributed by atoms with Crippen LogP contribution in [0.4, 0.5) is 0 Å². The van der Waals surface area contributed by atoms with Crippen LogP contribution in [0.25, 0.3) is 10.2 Å². The molecule has 1 N–H and O–H groups in total. The minimum absolute atomic E-state index is 0.0984. The first-order chi connectivity index (χ1) is 14.1. The predicted octanol–water partition coefficient (Wildman–Crippen LogP) is 2.76. The van der Waals surface area contributed by atoms with Gasteiger partial charge in [0.15, 0.2) is 5.16 Å². The quantitative estimate of drug-likeness (QED) is 0.301. The monoisotopic (exact) mass is 433 g/mol. The summed E-state index contributed by atoms with van der Waals surface area (Å²) in [5.74, 6) is 0.816. The Labute approximate surface area is 177 Å². The average Bonchev–Trinajstić information content (AvgIpc) is 3.21. The number of hydrogen-bond donors (Lipinski definition) is 1. The average molecular weight is 434 g/mol. The first kappa shape index (κ1) is 21.4. The highest BCUT2D eigenvalue weighted by Crippen LogP contribution is 2.22. The van der Waals surface area contributed by atoms with Crippen LogP contribution in [0.1, 0.15) is 12.0 Å². The minimum Gasteiger partial charge on any atom is -0.497 e. The summed E-state index contributed by atoms with van der Waals surface area (Å²) >= 11 is 2.64. The Bertz CT molecular complexity index is 1030. The first-order valence-electron chi connectivity index (χ1n) is 9.11. The molecule has 0 aliphatic carbocycles. The van der Waals surface area contributed by atoms with Crippen molar-refractivity contribution >= 4 is 39.2 Å². The van der Waals surface area contributed by atoms with E-state index in [2.05, 4.69) is 10.3 Å². The van der Waals surface area contributed by atoms with Crippen LogP contribution < -0.4 is 15.6 Å². The molecule has 29 heavy (non-hydrogen) atoms. The molecule has 1 aromatic carbocycles. The standard InChI is InChI=1S/C20H23N3O4S2/c1-26-9-4-8-21-17(24)13-29-20-22-16-7-10-28-18(16)19(25)23(20)12-14-5-3-6-15(11-14)27-2/h3,5-7,10-11H,4,8-9,12-13H2,1-2H3,(H,21,24). The second-order valence-corrected chi connectivity index (χ2v) is 8.12. The summed E-state index contributed by atoms with van der Waals surface area (Å²) in [6.45, 7) is 1.51. The predicted molar refractivity (Wildman–Crippen MR) is 116 cm³/mol. The molecule has 0 saturated carbocycles. The van der Waals surface area contributed by atoms with Crippen LogP contribution in [0.2, 0.25) is 0 Å². The van der Waals surface area contributed by atoms with E-state index >= 15 is 0 Å². The highest BCUT2D eigenvalue weighted by molar-refractivity contribution is 7.99. The lowest BCUT2D eigenvalue weighted by Crippen LogP contribution is -2.28. The van der Waals surface area contributed by atoms with Crippen LogP contribution in [-0.2, 0) is 16.1 Å². The maximum Gasteiger partial charge on any atom is 0.272 e. The molecule has 0 bridgehead atoms. The number of amides is 1. The molecule has 3 rings (SSSR count). The van der Waals surface area contributed by atoms with Gasteiger partial charge in [-0.2, -0.15) is 0 Å². The number of hydrogen-bond acceptors (Lipinski definition) is 7. The Hall–Kier alpha value is -2.36. The van der Waals surface area contributed by atoms with Gasteiger partial charge in [0.05, 0.1) is 24.9 Å². The number of thiophene rings is 1. The highest BCUT2D eigenvalue weighted by Gasteiger charge is 2.15. The molecule has 0 fully saturated rings. The van der Waals surface area contributed by atoms with E-state index in [1.54, 1.807) is 18.8 Å². The molecule has 3 aromatic rings. The Morgan fingerprint density at radius 3 is 2.97 bits per heavy atom. The van der Waals surface area contributed by atoms with E-state index in [0.717, 1.165) is 17.7 Å². The second-order valence-electron chi connectivity index (χ2n) is 6.26. The Kier molecular flexibility index (Phi) is 7.68. The minimum atomic E-state index is -0.101. The highest BCUT2D eigenvalue weighted by atomic mass is 32.2. The summed E-state index contributed by atoms with van der Waals surface area (Å²) in [5.41, 5.74) is 1.48. The molecule has 0 spiro atoms. The lowest BCUT2D eigenvalue weighted by Gasteiger charge is -2.13. The fourth-order valence-corrected chi connectivity index (χ4v) is 4.36.